The smallest absolute Gasteiger partial charge is 0.321 e. The van der Waals surface area contributed by atoms with E-state index < -0.39 is 6.03 Å². The first-order chi connectivity index (χ1) is 5.13. The summed E-state index contributed by atoms with van der Waals surface area (Å²) in [7, 11) is 0. The minimum absolute atomic E-state index is 0.247. The van der Waals surface area contributed by atoms with Crippen LogP contribution in [0.15, 0.2) is 0 Å². The van der Waals surface area contributed by atoms with E-state index in [1.165, 1.54) is 0 Å². The molecule has 2 N–H and O–H groups in total. The SMILES string of the molecule is [CH2][C@H]1CCCN(C(N)=O)C1=O. The molecule has 1 saturated heterocycles. The van der Waals surface area contributed by atoms with Gasteiger partial charge in [0.1, 0.15) is 0 Å². The van der Waals surface area contributed by atoms with Gasteiger partial charge in [0, 0.05) is 12.5 Å². The van der Waals surface area contributed by atoms with Gasteiger partial charge in [-0.3, -0.25) is 9.69 Å². The lowest BCUT2D eigenvalue weighted by molar-refractivity contribution is -0.133. The van der Waals surface area contributed by atoms with E-state index in [1.54, 1.807) is 0 Å². The molecule has 61 valence electrons. The van der Waals surface area contributed by atoms with E-state index in [-0.39, 0.29) is 11.8 Å². The molecule has 0 aliphatic carbocycles. The van der Waals surface area contributed by atoms with Crippen molar-refractivity contribution in [2.24, 2.45) is 11.7 Å². The number of piperidine rings is 1. The van der Waals surface area contributed by atoms with Crippen LogP contribution in [0.25, 0.3) is 0 Å². The highest BCUT2D eigenvalue weighted by Crippen LogP contribution is 2.15. The van der Waals surface area contributed by atoms with Crippen molar-refractivity contribution < 1.29 is 9.59 Å². The van der Waals surface area contributed by atoms with Gasteiger partial charge in [-0.2, -0.15) is 0 Å². The van der Waals surface area contributed by atoms with Crippen LogP contribution in [0.1, 0.15) is 12.8 Å². The molecule has 0 aromatic carbocycles. The number of hydrogen-bond donors (Lipinski definition) is 1. The largest absolute Gasteiger partial charge is 0.351 e. The molecule has 1 aliphatic rings. The maximum Gasteiger partial charge on any atom is 0.321 e. The predicted octanol–water partition coefficient (Wildman–Crippen LogP) is 0.138. The van der Waals surface area contributed by atoms with E-state index in [0.717, 1.165) is 17.7 Å². The van der Waals surface area contributed by atoms with E-state index in [4.69, 9.17) is 5.73 Å². The molecule has 0 bridgehead atoms. The molecule has 1 atom stereocenters. The second-order valence-corrected chi connectivity index (χ2v) is 2.67. The molecule has 1 radical (unpaired) electrons. The third kappa shape index (κ3) is 1.50. The molecule has 1 fully saturated rings. The summed E-state index contributed by atoms with van der Waals surface area (Å²) in [5.74, 6) is -0.542. The normalized spacial score (nSPS) is 25.4. The van der Waals surface area contributed by atoms with Gasteiger partial charge in [0.05, 0.1) is 0 Å². The van der Waals surface area contributed by atoms with Crippen LogP contribution in [-0.2, 0) is 4.79 Å². The van der Waals surface area contributed by atoms with Crippen molar-refractivity contribution in [3.8, 4) is 0 Å². The second kappa shape index (κ2) is 2.90. The molecule has 0 saturated carbocycles. The summed E-state index contributed by atoms with van der Waals surface area (Å²) in [6.45, 7) is 4.06. The van der Waals surface area contributed by atoms with Gasteiger partial charge in [0.2, 0.25) is 5.91 Å². The highest BCUT2D eigenvalue weighted by Gasteiger charge is 2.27. The minimum atomic E-state index is -0.664. The summed E-state index contributed by atoms with van der Waals surface area (Å²) >= 11 is 0. The fourth-order valence-electron chi connectivity index (χ4n) is 1.17. The molecule has 4 heteroatoms. The van der Waals surface area contributed by atoms with Crippen molar-refractivity contribution in [1.29, 1.82) is 0 Å². The van der Waals surface area contributed by atoms with Gasteiger partial charge in [-0.1, -0.05) is 0 Å². The Kier molecular flexibility index (Phi) is 2.12. The van der Waals surface area contributed by atoms with Crippen LogP contribution in [-0.4, -0.2) is 23.4 Å². The summed E-state index contributed by atoms with van der Waals surface area (Å²) < 4.78 is 0. The number of urea groups is 1. The average Bonchev–Trinajstić information content (AvgIpc) is 1.94. The van der Waals surface area contributed by atoms with E-state index in [1.807, 2.05) is 0 Å². The Morgan fingerprint density at radius 1 is 1.73 bits per heavy atom. The van der Waals surface area contributed by atoms with Crippen LogP contribution in [0.3, 0.4) is 0 Å². The van der Waals surface area contributed by atoms with Crippen LogP contribution < -0.4 is 5.73 Å². The first kappa shape index (κ1) is 8.04. The maximum absolute atomic E-state index is 11.1. The fraction of sp³-hybridized carbons (Fsp3) is 0.571. The average molecular weight is 155 g/mol. The van der Waals surface area contributed by atoms with Crippen LogP contribution in [0.2, 0.25) is 0 Å². The molecule has 0 spiro atoms. The minimum Gasteiger partial charge on any atom is -0.351 e. The Balaban J connectivity index is 2.66. The summed E-state index contributed by atoms with van der Waals surface area (Å²) in [6, 6.07) is -0.664. The topological polar surface area (TPSA) is 63.4 Å². The number of rotatable bonds is 0. The zero-order valence-electron chi connectivity index (χ0n) is 6.25. The Bertz CT molecular complexity index is 191. The summed E-state index contributed by atoms with van der Waals surface area (Å²) in [6.07, 6.45) is 1.56. The second-order valence-electron chi connectivity index (χ2n) is 2.67. The van der Waals surface area contributed by atoms with Gasteiger partial charge < -0.3 is 5.73 Å². The molecule has 0 aromatic rings. The Labute approximate surface area is 65.3 Å². The summed E-state index contributed by atoms with van der Waals surface area (Å²) in [4.78, 5) is 22.8. The molecular weight excluding hydrogens is 144 g/mol. The Morgan fingerprint density at radius 2 is 2.36 bits per heavy atom. The lowest BCUT2D eigenvalue weighted by atomic mass is 10.00. The molecule has 1 rings (SSSR count). The van der Waals surface area contributed by atoms with Crippen molar-refractivity contribution in [1.82, 2.24) is 4.90 Å². The molecule has 11 heavy (non-hydrogen) atoms. The molecule has 0 unspecified atom stereocenters. The van der Waals surface area contributed by atoms with Crippen molar-refractivity contribution >= 4 is 11.9 Å². The number of imide groups is 1. The molecular formula is C7H11N2O2. The van der Waals surface area contributed by atoms with Gasteiger partial charge in [-0.05, 0) is 19.8 Å². The van der Waals surface area contributed by atoms with Gasteiger partial charge in [-0.15, -0.1) is 0 Å². The number of nitrogens with zero attached hydrogens (tertiary/aromatic N) is 1. The Morgan fingerprint density at radius 3 is 2.82 bits per heavy atom. The third-order valence-electron chi connectivity index (χ3n) is 1.82. The number of amides is 3. The number of likely N-dealkylation sites (tertiary alicyclic amines) is 1. The van der Waals surface area contributed by atoms with Gasteiger partial charge in [-0.25, -0.2) is 4.79 Å². The monoisotopic (exact) mass is 155 g/mol. The first-order valence-corrected chi connectivity index (χ1v) is 3.57. The van der Waals surface area contributed by atoms with Crippen LogP contribution in [0.4, 0.5) is 4.79 Å². The maximum atomic E-state index is 11.1. The quantitative estimate of drug-likeness (QED) is 0.540. The number of primary amides is 1. The Hall–Kier alpha value is -1.06. The van der Waals surface area contributed by atoms with Crippen molar-refractivity contribution in [3.05, 3.63) is 6.92 Å². The third-order valence-corrected chi connectivity index (χ3v) is 1.82. The zero-order valence-corrected chi connectivity index (χ0v) is 6.25. The highest BCUT2D eigenvalue weighted by atomic mass is 16.2. The number of hydrogen-bond acceptors (Lipinski definition) is 2. The van der Waals surface area contributed by atoms with Gasteiger partial charge in [0.15, 0.2) is 0 Å². The predicted molar refractivity (Wildman–Crippen MR) is 39.4 cm³/mol. The highest BCUT2D eigenvalue weighted by molar-refractivity contribution is 5.95. The first-order valence-electron chi connectivity index (χ1n) is 3.57. The van der Waals surface area contributed by atoms with Crippen molar-refractivity contribution in [3.63, 3.8) is 0 Å². The van der Waals surface area contributed by atoms with Gasteiger partial charge in [0.25, 0.3) is 0 Å². The van der Waals surface area contributed by atoms with E-state index in [0.29, 0.717) is 6.54 Å². The lowest BCUT2D eigenvalue weighted by Crippen LogP contribution is -2.46. The van der Waals surface area contributed by atoms with Crippen LogP contribution in [0, 0.1) is 12.8 Å². The molecule has 1 heterocycles. The summed E-state index contributed by atoms with van der Waals surface area (Å²) in [5.41, 5.74) is 4.96. The lowest BCUT2D eigenvalue weighted by Gasteiger charge is -2.26. The molecule has 4 nitrogen and oxygen atoms in total. The number of carbonyl (C=O) groups is 2. The number of carbonyl (C=O) groups excluding carboxylic acids is 2. The zero-order chi connectivity index (χ0) is 8.43. The van der Waals surface area contributed by atoms with E-state index in [9.17, 15) is 9.59 Å². The molecule has 0 aromatic heterocycles. The number of nitrogens with two attached hydrogens (primary N) is 1. The fourth-order valence-corrected chi connectivity index (χ4v) is 1.17. The van der Waals surface area contributed by atoms with Gasteiger partial charge >= 0.3 is 6.03 Å². The summed E-state index contributed by atoms with van der Waals surface area (Å²) in [5, 5.41) is 0. The van der Waals surface area contributed by atoms with Crippen LogP contribution >= 0.6 is 0 Å². The van der Waals surface area contributed by atoms with Crippen molar-refractivity contribution in [2.45, 2.75) is 12.8 Å². The molecule has 1 aliphatic heterocycles. The van der Waals surface area contributed by atoms with Crippen molar-refractivity contribution in [2.75, 3.05) is 6.54 Å². The standard InChI is InChI=1S/C7H11N2O2/c1-5-3-2-4-9(6(5)10)7(8)11/h5H,1-4H2,(H2,8,11)/t5-/m0/s1. The van der Waals surface area contributed by atoms with E-state index in [2.05, 4.69) is 6.92 Å². The van der Waals surface area contributed by atoms with E-state index >= 15 is 0 Å². The molecule has 3 amide bonds. The van der Waals surface area contributed by atoms with Crippen LogP contribution in [0.5, 0.6) is 0 Å².